The van der Waals surface area contributed by atoms with Crippen molar-refractivity contribution in [3.8, 4) is 0 Å². The van der Waals surface area contributed by atoms with Crippen LogP contribution in [0.5, 0.6) is 0 Å². The summed E-state index contributed by atoms with van der Waals surface area (Å²) in [6, 6.07) is 0.866. The first kappa shape index (κ1) is 11.7. The van der Waals surface area contributed by atoms with Gasteiger partial charge in [-0.15, -0.1) is 0 Å². The molecule has 0 amide bonds. The number of nitrogens with zero attached hydrogens (tertiary/aromatic N) is 1. The van der Waals surface area contributed by atoms with Crippen LogP contribution in [0.2, 0.25) is 0 Å². The summed E-state index contributed by atoms with van der Waals surface area (Å²) in [6.45, 7) is 8.38. The summed E-state index contributed by atoms with van der Waals surface area (Å²) in [4.78, 5) is 2.74. The molecule has 2 fully saturated rings. The van der Waals surface area contributed by atoms with Crippen molar-refractivity contribution in [2.45, 2.75) is 44.7 Å². The van der Waals surface area contributed by atoms with Crippen molar-refractivity contribution in [3.63, 3.8) is 0 Å². The summed E-state index contributed by atoms with van der Waals surface area (Å²) >= 11 is 2.13. The second kappa shape index (κ2) is 5.07. The van der Waals surface area contributed by atoms with Crippen LogP contribution in [0, 0.1) is 0 Å². The fourth-order valence-electron chi connectivity index (χ4n) is 2.71. The Morgan fingerprint density at radius 3 is 2.73 bits per heavy atom. The van der Waals surface area contributed by atoms with E-state index < -0.39 is 0 Å². The Kier molecular flexibility index (Phi) is 3.97. The molecule has 0 radical (unpaired) electrons. The number of hydrogen-bond donors (Lipinski definition) is 1. The van der Waals surface area contributed by atoms with Gasteiger partial charge in [-0.2, -0.15) is 11.8 Å². The van der Waals surface area contributed by atoms with E-state index in [4.69, 9.17) is 0 Å². The van der Waals surface area contributed by atoms with Crippen LogP contribution in [-0.4, -0.2) is 47.6 Å². The molecule has 2 aliphatic rings. The van der Waals surface area contributed by atoms with E-state index in [-0.39, 0.29) is 0 Å². The van der Waals surface area contributed by atoms with Gasteiger partial charge in [-0.3, -0.25) is 4.90 Å². The third-order valence-electron chi connectivity index (χ3n) is 3.53. The van der Waals surface area contributed by atoms with Gasteiger partial charge in [-0.25, -0.2) is 0 Å². The molecule has 0 aromatic carbocycles. The molecule has 0 unspecified atom stereocenters. The lowest BCUT2D eigenvalue weighted by molar-refractivity contribution is 0.160. The molecule has 2 nitrogen and oxygen atoms in total. The minimum Gasteiger partial charge on any atom is -0.310 e. The maximum absolute atomic E-state index is 3.64. The third kappa shape index (κ3) is 3.36. The standard InChI is InChI=1S/C12H24N2S/c1-12(2)10-14(7-3-6-13-12)11-4-8-15-9-5-11/h11,13H,3-10H2,1-2H3. The van der Waals surface area contributed by atoms with Gasteiger partial charge in [0.05, 0.1) is 0 Å². The molecule has 0 aromatic rings. The predicted molar refractivity (Wildman–Crippen MR) is 68.6 cm³/mol. The van der Waals surface area contributed by atoms with Crippen LogP contribution in [0.25, 0.3) is 0 Å². The maximum Gasteiger partial charge on any atom is 0.0252 e. The number of nitrogens with one attached hydrogen (secondary N) is 1. The van der Waals surface area contributed by atoms with Crippen LogP contribution in [0.1, 0.15) is 33.1 Å². The van der Waals surface area contributed by atoms with Crippen molar-refractivity contribution >= 4 is 11.8 Å². The second-order valence-electron chi connectivity index (χ2n) is 5.48. The summed E-state index contributed by atoms with van der Waals surface area (Å²) < 4.78 is 0. The van der Waals surface area contributed by atoms with Crippen LogP contribution in [0.4, 0.5) is 0 Å². The lowest BCUT2D eigenvalue weighted by atomic mass is 10.0. The van der Waals surface area contributed by atoms with E-state index in [1.165, 1.54) is 50.4 Å². The van der Waals surface area contributed by atoms with Crippen LogP contribution < -0.4 is 5.32 Å². The Labute approximate surface area is 98.2 Å². The Balaban J connectivity index is 1.94. The summed E-state index contributed by atoms with van der Waals surface area (Å²) in [5.74, 6) is 2.74. The highest BCUT2D eigenvalue weighted by molar-refractivity contribution is 7.99. The van der Waals surface area contributed by atoms with Gasteiger partial charge < -0.3 is 5.32 Å². The molecular formula is C12H24N2S. The Morgan fingerprint density at radius 1 is 1.27 bits per heavy atom. The smallest absolute Gasteiger partial charge is 0.0252 e. The molecular weight excluding hydrogens is 204 g/mol. The fourth-order valence-corrected chi connectivity index (χ4v) is 3.80. The Hall–Kier alpha value is 0.270. The van der Waals surface area contributed by atoms with Crippen molar-refractivity contribution in [2.75, 3.05) is 31.1 Å². The minimum absolute atomic E-state index is 0.307. The molecule has 1 N–H and O–H groups in total. The fraction of sp³-hybridized carbons (Fsp3) is 1.00. The van der Waals surface area contributed by atoms with Crippen molar-refractivity contribution in [3.05, 3.63) is 0 Å². The molecule has 15 heavy (non-hydrogen) atoms. The van der Waals surface area contributed by atoms with Crippen molar-refractivity contribution in [1.82, 2.24) is 10.2 Å². The van der Waals surface area contributed by atoms with E-state index in [2.05, 4.69) is 35.8 Å². The SMILES string of the molecule is CC1(C)CN(C2CCSCC2)CCCN1. The molecule has 2 aliphatic heterocycles. The first-order chi connectivity index (χ1) is 7.17. The predicted octanol–water partition coefficient (Wildman–Crippen LogP) is 1.96. The molecule has 88 valence electrons. The first-order valence-corrected chi connectivity index (χ1v) is 7.40. The zero-order chi connectivity index (χ0) is 10.7. The summed E-state index contributed by atoms with van der Waals surface area (Å²) in [5, 5.41) is 3.64. The molecule has 2 heterocycles. The summed E-state index contributed by atoms with van der Waals surface area (Å²) in [6.07, 6.45) is 4.12. The highest BCUT2D eigenvalue weighted by atomic mass is 32.2. The number of rotatable bonds is 1. The average Bonchev–Trinajstić information content (AvgIpc) is 2.41. The van der Waals surface area contributed by atoms with Gasteiger partial charge in [-0.05, 0) is 57.7 Å². The van der Waals surface area contributed by atoms with E-state index in [0.29, 0.717) is 5.54 Å². The largest absolute Gasteiger partial charge is 0.310 e. The van der Waals surface area contributed by atoms with Crippen LogP contribution in [0.3, 0.4) is 0 Å². The van der Waals surface area contributed by atoms with E-state index in [1.54, 1.807) is 0 Å². The lowest BCUT2D eigenvalue weighted by Crippen LogP contribution is -2.49. The molecule has 3 heteroatoms. The monoisotopic (exact) mass is 228 g/mol. The molecule has 2 rings (SSSR count). The quantitative estimate of drug-likeness (QED) is 0.738. The summed E-state index contributed by atoms with van der Waals surface area (Å²) in [5.41, 5.74) is 0.307. The van der Waals surface area contributed by atoms with Gasteiger partial charge in [-0.1, -0.05) is 0 Å². The maximum atomic E-state index is 3.64. The number of hydrogen-bond acceptors (Lipinski definition) is 3. The first-order valence-electron chi connectivity index (χ1n) is 6.24. The van der Waals surface area contributed by atoms with E-state index in [1.807, 2.05) is 0 Å². The molecule has 0 spiro atoms. The van der Waals surface area contributed by atoms with Gasteiger partial charge in [0.1, 0.15) is 0 Å². The van der Waals surface area contributed by atoms with Gasteiger partial charge in [0.15, 0.2) is 0 Å². The van der Waals surface area contributed by atoms with Gasteiger partial charge >= 0.3 is 0 Å². The Bertz CT molecular complexity index is 200. The molecule has 0 aromatic heterocycles. The average molecular weight is 228 g/mol. The normalized spacial score (nSPS) is 30.0. The molecule has 0 saturated carbocycles. The summed E-state index contributed by atoms with van der Waals surface area (Å²) in [7, 11) is 0. The highest BCUT2D eigenvalue weighted by Crippen LogP contribution is 2.24. The Morgan fingerprint density at radius 2 is 2.00 bits per heavy atom. The molecule has 0 bridgehead atoms. The zero-order valence-electron chi connectivity index (χ0n) is 10.1. The number of thioether (sulfide) groups is 1. The van der Waals surface area contributed by atoms with Crippen molar-refractivity contribution in [2.24, 2.45) is 0 Å². The van der Waals surface area contributed by atoms with Gasteiger partial charge in [0.2, 0.25) is 0 Å². The topological polar surface area (TPSA) is 15.3 Å². The zero-order valence-corrected chi connectivity index (χ0v) is 10.9. The van der Waals surface area contributed by atoms with Gasteiger partial charge in [0.25, 0.3) is 0 Å². The van der Waals surface area contributed by atoms with E-state index in [0.717, 1.165) is 6.04 Å². The van der Waals surface area contributed by atoms with Crippen LogP contribution >= 0.6 is 11.8 Å². The highest BCUT2D eigenvalue weighted by Gasteiger charge is 2.29. The molecule has 2 saturated heterocycles. The van der Waals surface area contributed by atoms with Gasteiger partial charge in [0, 0.05) is 18.1 Å². The lowest BCUT2D eigenvalue weighted by Gasteiger charge is -2.37. The van der Waals surface area contributed by atoms with Crippen LogP contribution in [-0.2, 0) is 0 Å². The molecule has 0 aliphatic carbocycles. The second-order valence-corrected chi connectivity index (χ2v) is 6.70. The van der Waals surface area contributed by atoms with Crippen molar-refractivity contribution < 1.29 is 0 Å². The van der Waals surface area contributed by atoms with Crippen molar-refractivity contribution in [1.29, 1.82) is 0 Å². The third-order valence-corrected chi connectivity index (χ3v) is 4.58. The van der Waals surface area contributed by atoms with Crippen LogP contribution in [0.15, 0.2) is 0 Å². The minimum atomic E-state index is 0.307. The molecule has 0 atom stereocenters. The van der Waals surface area contributed by atoms with E-state index in [9.17, 15) is 0 Å². The van der Waals surface area contributed by atoms with E-state index >= 15 is 0 Å².